The van der Waals surface area contributed by atoms with Gasteiger partial charge in [0.25, 0.3) is 5.69 Å². The van der Waals surface area contributed by atoms with Crippen LogP contribution in [0.2, 0.25) is 0 Å². The van der Waals surface area contributed by atoms with Crippen LogP contribution in [0.15, 0.2) is 29.2 Å². The van der Waals surface area contributed by atoms with E-state index in [1.165, 1.54) is 6.07 Å². The normalized spacial score (nSPS) is 12.9. The number of rotatable bonds is 6. The number of hydrogen-bond donors (Lipinski definition) is 2. The Hall–Kier alpha value is -2.00. The highest BCUT2D eigenvalue weighted by atomic mass is 32.2. The Morgan fingerprint density at radius 3 is 2.58 bits per heavy atom. The minimum Gasteiger partial charge on any atom is -0.480 e. The molecule has 1 aromatic carbocycles. The molecule has 8 nitrogen and oxygen atoms in total. The first kappa shape index (κ1) is 15.1. The SMILES string of the molecule is NCCC(C(=O)O)S(=O)(=O)c1cccc([N+](=O)[O-])c1. The van der Waals surface area contributed by atoms with E-state index in [1.807, 2.05) is 0 Å². The number of carbonyl (C=O) groups is 1. The zero-order valence-corrected chi connectivity index (χ0v) is 10.5. The standard InChI is InChI=1S/C10H12N2O6S/c11-5-4-9(10(13)14)19(17,18)8-3-1-2-7(6-8)12(15)16/h1-3,6,9H,4-5,11H2,(H,13,14). The highest BCUT2D eigenvalue weighted by Crippen LogP contribution is 2.22. The van der Waals surface area contributed by atoms with E-state index in [-0.39, 0.29) is 13.0 Å². The molecule has 0 aliphatic rings. The number of carboxylic acids is 1. The molecular weight excluding hydrogens is 276 g/mol. The molecule has 0 fully saturated rings. The molecule has 0 aliphatic heterocycles. The number of nitro groups is 1. The number of non-ortho nitro benzene ring substituents is 1. The summed E-state index contributed by atoms with van der Waals surface area (Å²) in [6.07, 6.45) is -0.264. The fourth-order valence-corrected chi connectivity index (χ4v) is 3.09. The lowest BCUT2D eigenvalue weighted by molar-refractivity contribution is -0.385. The first-order valence-electron chi connectivity index (χ1n) is 5.22. The molecule has 1 rings (SSSR count). The van der Waals surface area contributed by atoms with Crippen LogP contribution >= 0.6 is 0 Å². The largest absolute Gasteiger partial charge is 0.480 e. The molecule has 1 atom stereocenters. The monoisotopic (exact) mass is 288 g/mol. The molecule has 0 aromatic heterocycles. The van der Waals surface area contributed by atoms with Crippen LogP contribution in [-0.2, 0) is 14.6 Å². The Kier molecular flexibility index (Phi) is 4.57. The van der Waals surface area contributed by atoms with Crippen molar-refractivity contribution in [3.63, 3.8) is 0 Å². The summed E-state index contributed by atoms with van der Waals surface area (Å²) in [5.41, 5.74) is 4.77. The van der Waals surface area contributed by atoms with Crippen molar-refractivity contribution in [1.29, 1.82) is 0 Å². The van der Waals surface area contributed by atoms with Crippen molar-refractivity contribution >= 4 is 21.5 Å². The van der Waals surface area contributed by atoms with Crippen molar-refractivity contribution in [2.75, 3.05) is 6.54 Å². The van der Waals surface area contributed by atoms with E-state index in [9.17, 15) is 23.3 Å². The lowest BCUT2D eigenvalue weighted by atomic mass is 10.3. The molecule has 1 aromatic rings. The predicted molar refractivity (Wildman–Crippen MR) is 65.4 cm³/mol. The third-order valence-electron chi connectivity index (χ3n) is 2.44. The third kappa shape index (κ3) is 3.26. The molecule has 0 spiro atoms. The third-order valence-corrected chi connectivity index (χ3v) is 4.53. The minimum absolute atomic E-state index is 0.120. The van der Waals surface area contributed by atoms with Gasteiger partial charge in [-0.15, -0.1) is 0 Å². The van der Waals surface area contributed by atoms with Gasteiger partial charge in [-0.3, -0.25) is 14.9 Å². The summed E-state index contributed by atoms with van der Waals surface area (Å²) in [4.78, 5) is 20.4. The molecule has 0 radical (unpaired) electrons. The minimum atomic E-state index is -4.20. The van der Waals surface area contributed by atoms with E-state index in [0.717, 1.165) is 18.2 Å². The number of benzene rings is 1. The van der Waals surface area contributed by atoms with Crippen LogP contribution in [-0.4, -0.2) is 36.2 Å². The van der Waals surface area contributed by atoms with Gasteiger partial charge < -0.3 is 10.8 Å². The van der Waals surface area contributed by atoms with Crippen LogP contribution in [0.5, 0.6) is 0 Å². The zero-order chi connectivity index (χ0) is 14.6. The van der Waals surface area contributed by atoms with Crippen molar-refractivity contribution in [3.8, 4) is 0 Å². The van der Waals surface area contributed by atoms with E-state index in [4.69, 9.17) is 10.8 Å². The maximum Gasteiger partial charge on any atom is 0.322 e. The number of sulfone groups is 1. The number of nitrogens with two attached hydrogens (primary N) is 1. The van der Waals surface area contributed by atoms with E-state index in [2.05, 4.69) is 0 Å². The van der Waals surface area contributed by atoms with E-state index in [0.29, 0.717) is 0 Å². The summed E-state index contributed by atoms with van der Waals surface area (Å²) in [5, 5.41) is 17.8. The highest BCUT2D eigenvalue weighted by molar-refractivity contribution is 7.92. The number of carboxylic acid groups (broad SMARTS) is 1. The van der Waals surface area contributed by atoms with Crippen LogP contribution in [0.25, 0.3) is 0 Å². The molecule has 0 heterocycles. The Labute approximate surface area is 108 Å². The van der Waals surface area contributed by atoms with Crippen LogP contribution in [0, 0.1) is 10.1 Å². The predicted octanol–water partition coefficient (Wildman–Crippen LogP) is 0.171. The zero-order valence-electron chi connectivity index (χ0n) is 9.72. The second-order valence-corrected chi connectivity index (χ2v) is 5.83. The summed E-state index contributed by atoms with van der Waals surface area (Å²) in [6.45, 7) is -0.120. The second kappa shape index (κ2) is 5.76. The molecule has 3 N–H and O–H groups in total. The van der Waals surface area contributed by atoms with Gasteiger partial charge in [-0.25, -0.2) is 8.42 Å². The van der Waals surface area contributed by atoms with Gasteiger partial charge in [-0.1, -0.05) is 6.07 Å². The van der Waals surface area contributed by atoms with E-state index < -0.39 is 36.6 Å². The Bertz CT molecular complexity index is 598. The average molecular weight is 288 g/mol. The molecule has 0 bridgehead atoms. The van der Waals surface area contributed by atoms with Crippen LogP contribution in [0.1, 0.15) is 6.42 Å². The number of aliphatic carboxylic acids is 1. The molecule has 104 valence electrons. The average Bonchev–Trinajstić information content (AvgIpc) is 2.35. The van der Waals surface area contributed by atoms with Gasteiger partial charge in [0.05, 0.1) is 9.82 Å². The lowest BCUT2D eigenvalue weighted by Gasteiger charge is -2.12. The van der Waals surface area contributed by atoms with Crippen molar-refractivity contribution in [2.45, 2.75) is 16.6 Å². The smallest absolute Gasteiger partial charge is 0.322 e. The van der Waals surface area contributed by atoms with Crippen molar-refractivity contribution in [1.82, 2.24) is 0 Å². The number of nitrogens with zero attached hydrogens (tertiary/aromatic N) is 1. The summed E-state index contributed by atoms with van der Waals surface area (Å²) in [7, 11) is -4.20. The maximum atomic E-state index is 12.1. The van der Waals surface area contributed by atoms with Crippen LogP contribution in [0.4, 0.5) is 5.69 Å². The molecule has 0 saturated heterocycles. The molecule has 0 aliphatic carbocycles. The van der Waals surface area contributed by atoms with Gasteiger partial charge in [0.2, 0.25) is 0 Å². The van der Waals surface area contributed by atoms with Gasteiger partial charge in [0.15, 0.2) is 15.1 Å². The van der Waals surface area contributed by atoms with Gasteiger partial charge in [-0.05, 0) is 19.0 Å². The molecule has 0 saturated carbocycles. The van der Waals surface area contributed by atoms with E-state index in [1.54, 1.807) is 0 Å². The van der Waals surface area contributed by atoms with Gasteiger partial charge >= 0.3 is 5.97 Å². The Balaban J connectivity index is 3.29. The first-order chi connectivity index (χ1) is 8.80. The first-order valence-corrected chi connectivity index (χ1v) is 6.76. The lowest BCUT2D eigenvalue weighted by Crippen LogP contribution is -2.32. The number of hydrogen-bond acceptors (Lipinski definition) is 6. The van der Waals surface area contributed by atoms with Crippen molar-refractivity contribution in [2.24, 2.45) is 5.73 Å². The van der Waals surface area contributed by atoms with Crippen LogP contribution < -0.4 is 5.73 Å². The summed E-state index contributed by atoms with van der Waals surface area (Å²) in [6, 6.07) is 4.26. The fraction of sp³-hybridized carbons (Fsp3) is 0.300. The van der Waals surface area contributed by atoms with Gasteiger partial charge in [0, 0.05) is 12.1 Å². The number of nitro benzene ring substituents is 1. The van der Waals surface area contributed by atoms with Crippen LogP contribution in [0.3, 0.4) is 0 Å². The Morgan fingerprint density at radius 2 is 2.11 bits per heavy atom. The highest BCUT2D eigenvalue weighted by Gasteiger charge is 2.34. The fourth-order valence-electron chi connectivity index (χ4n) is 1.50. The summed E-state index contributed by atoms with van der Waals surface area (Å²) >= 11 is 0. The molecular formula is C10H12N2O6S. The maximum absolute atomic E-state index is 12.1. The molecule has 19 heavy (non-hydrogen) atoms. The van der Waals surface area contributed by atoms with E-state index >= 15 is 0 Å². The quantitative estimate of drug-likeness (QED) is 0.561. The molecule has 0 amide bonds. The summed E-state index contributed by atoms with van der Waals surface area (Å²) in [5.74, 6) is -1.53. The molecule has 1 unspecified atom stereocenters. The van der Waals surface area contributed by atoms with Gasteiger partial charge in [0.1, 0.15) is 0 Å². The summed E-state index contributed by atoms with van der Waals surface area (Å²) < 4.78 is 24.2. The second-order valence-electron chi connectivity index (χ2n) is 3.70. The Morgan fingerprint density at radius 1 is 1.47 bits per heavy atom. The van der Waals surface area contributed by atoms with Crippen molar-refractivity contribution < 1.29 is 23.2 Å². The van der Waals surface area contributed by atoms with Gasteiger partial charge in [-0.2, -0.15) is 0 Å². The topological polar surface area (TPSA) is 141 Å². The van der Waals surface area contributed by atoms with Crippen molar-refractivity contribution in [3.05, 3.63) is 34.4 Å². The molecule has 9 heteroatoms.